The van der Waals surface area contributed by atoms with Gasteiger partial charge in [-0.3, -0.25) is 9.36 Å². The first-order valence-electron chi connectivity index (χ1n) is 7.19. The second kappa shape index (κ2) is 5.53. The van der Waals surface area contributed by atoms with Crippen LogP contribution in [0.4, 0.5) is 0 Å². The monoisotopic (exact) mass is 302 g/mol. The molecule has 0 saturated carbocycles. The average Bonchev–Trinajstić information content (AvgIpc) is 2.98. The molecule has 2 aromatic heterocycles. The number of rotatable bonds is 4. The second-order valence-electron chi connectivity index (χ2n) is 5.22. The van der Waals surface area contributed by atoms with Gasteiger partial charge < -0.3 is 0 Å². The predicted molar refractivity (Wildman–Crippen MR) is 85.8 cm³/mol. The molecule has 3 rings (SSSR count). The van der Waals surface area contributed by atoms with Crippen LogP contribution in [-0.4, -0.2) is 19.6 Å². The van der Waals surface area contributed by atoms with E-state index in [9.17, 15) is 0 Å². The first kappa shape index (κ1) is 14.1. The van der Waals surface area contributed by atoms with E-state index in [1.807, 2.05) is 16.3 Å². The number of alkyl halides is 1. The summed E-state index contributed by atoms with van der Waals surface area (Å²) < 4.78 is 4.04. The number of aromatic nitrogens is 4. The second-order valence-corrected chi connectivity index (χ2v) is 5.49. The molecular formula is C16H19ClN4. The van der Waals surface area contributed by atoms with E-state index in [4.69, 9.17) is 16.7 Å². The molecular weight excluding hydrogens is 284 g/mol. The van der Waals surface area contributed by atoms with Crippen molar-refractivity contribution in [1.82, 2.24) is 19.6 Å². The number of para-hydroxylation sites is 1. The summed E-state index contributed by atoms with van der Waals surface area (Å²) in [7, 11) is 0. The number of halogens is 1. The summed E-state index contributed by atoms with van der Waals surface area (Å²) >= 11 is 6.00. The van der Waals surface area contributed by atoms with Crippen LogP contribution < -0.4 is 0 Å². The van der Waals surface area contributed by atoms with Crippen LogP contribution in [0.25, 0.3) is 10.9 Å². The molecule has 0 unspecified atom stereocenters. The van der Waals surface area contributed by atoms with Crippen LogP contribution in [0.5, 0.6) is 0 Å². The smallest absolute Gasteiger partial charge is 0.0918 e. The van der Waals surface area contributed by atoms with Crippen LogP contribution in [-0.2, 0) is 19.0 Å². The maximum absolute atomic E-state index is 6.00. The third kappa shape index (κ3) is 2.33. The molecule has 0 aliphatic carbocycles. The summed E-state index contributed by atoms with van der Waals surface area (Å²) in [5.41, 5.74) is 5.48. The van der Waals surface area contributed by atoms with Gasteiger partial charge in [-0.2, -0.15) is 10.2 Å². The topological polar surface area (TPSA) is 35.6 Å². The highest BCUT2D eigenvalue weighted by Crippen LogP contribution is 2.21. The van der Waals surface area contributed by atoms with Gasteiger partial charge in [0.1, 0.15) is 0 Å². The summed E-state index contributed by atoms with van der Waals surface area (Å²) in [6.45, 7) is 7.72. The molecule has 4 nitrogen and oxygen atoms in total. The SMILES string of the molecule is CCn1nc(Cn2nc(C)c(CCl)c2C)c2ccccc21. The molecule has 0 saturated heterocycles. The van der Waals surface area contributed by atoms with E-state index in [2.05, 4.69) is 43.2 Å². The molecule has 21 heavy (non-hydrogen) atoms. The summed E-state index contributed by atoms with van der Waals surface area (Å²) in [4.78, 5) is 0. The van der Waals surface area contributed by atoms with E-state index < -0.39 is 0 Å². The molecule has 0 bridgehead atoms. The number of fused-ring (bicyclic) bond motifs is 1. The molecule has 3 aromatic rings. The van der Waals surface area contributed by atoms with Crippen molar-refractivity contribution in [3.8, 4) is 0 Å². The Morgan fingerprint density at radius 1 is 1.10 bits per heavy atom. The minimum Gasteiger partial charge on any atom is -0.265 e. The lowest BCUT2D eigenvalue weighted by Gasteiger charge is -2.03. The summed E-state index contributed by atoms with van der Waals surface area (Å²) in [5.74, 6) is 0.502. The molecule has 0 N–H and O–H groups in total. The molecule has 110 valence electrons. The molecule has 0 aliphatic rings. The van der Waals surface area contributed by atoms with Crippen molar-refractivity contribution in [2.45, 2.75) is 39.7 Å². The van der Waals surface area contributed by atoms with Crippen molar-refractivity contribution in [2.24, 2.45) is 0 Å². The molecule has 0 spiro atoms. The minimum absolute atomic E-state index is 0.502. The van der Waals surface area contributed by atoms with E-state index in [0.29, 0.717) is 12.4 Å². The Labute approximate surface area is 129 Å². The van der Waals surface area contributed by atoms with Crippen LogP contribution in [0.3, 0.4) is 0 Å². The number of benzene rings is 1. The van der Waals surface area contributed by atoms with Crippen molar-refractivity contribution >= 4 is 22.5 Å². The van der Waals surface area contributed by atoms with Gasteiger partial charge in [0.25, 0.3) is 0 Å². The van der Waals surface area contributed by atoms with E-state index >= 15 is 0 Å². The van der Waals surface area contributed by atoms with Crippen LogP contribution in [0.2, 0.25) is 0 Å². The zero-order valence-corrected chi connectivity index (χ0v) is 13.4. The Kier molecular flexibility index (Phi) is 3.72. The fraction of sp³-hybridized carbons (Fsp3) is 0.375. The predicted octanol–water partition coefficient (Wildman–Crippen LogP) is 3.66. The van der Waals surface area contributed by atoms with Crippen molar-refractivity contribution < 1.29 is 0 Å². The molecule has 0 amide bonds. The van der Waals surface area contributed by atoms with Crippen LogP contribution >= 0.6 is 11.6 Å². The zero-order chi connectivity index (χ0) is 15.0. The quantitative estimate of drug-likeness (QED) is 0.690. The highest BCUT2D eigenvalue weighted by molar-refractivity contribution is 6.17. The highest BCUT2D eigenvalue weighted by Gasteiger charge is 2.14. The van der Waals surface area contributed by atoms with Crippen LogP contribution in [0, 0.1) is 13.8 Å². The first-order chi connectivity index (χ1) is 10.2. The lowest BCUT2D eigenvalue weighted by Crippen LogP contribution is -2.06. The Bertz CT molecular complexity index is 785. The van der Waals surface area contributed by atoms with Gasteiger partial charge in [0, 0.05) is 23.2 Å². The minimum atomic E-state index is 0.502. The van der Waals surface area contributed by atoms with E-state index in [0.717, 1.165) is 29.2 Å². The van der Waals surface area contributed by atoms with E-state index in [1.54, 1.807) is 0 Å². The molecule has 0 radical (unpaired) electrons. The highest BCUT2D eigenvalue weighted by atomic mass is 35.5. The number of hydrogen-bond acceptors (Lipinski definition) is 2. The van der Waals surface area contributed by atoms with Crippen molar-refractivity contribution in [1.29, 1.82) is 0 Å². The lowest BCUT2D eigenvalue weighted by atomic mass is 10.2. The lowest BCUT2D eigenvalue weighted by molar-refractivity contribution is 0.614. The number of aryl methyl sites for hydroxylation is 2. The van der Waals surface area contributed by atoms with Gasteiger partial charge in [-0.05, 0) is 26.8 Å². The fourth-order valence-corrected chi connectivity index (χ4v) is 3.16. The third-order valence-electron chi connectivity index (χ3n) is 4.00. The Morgan fingerprint density at radius 3 is 2.52 bits per heavy atom. The zero-order valence-electron chi connectivity index (χ0n) is 12.6. The van der Waals surface area contributed by atoms with Crippen LogP contribution in [0.15, 0.2) is 24.3 Å². The maximum atomic E-state index is 6.00. The summed E-state index contributed by atoms with van der Waals surface area (Å²) in [6.07, 6.45) is 0. The average molecular weight is 303 g/mol. The Hall–Kier alpha value is -1.81. The molecule has 5 heteroatoms. The molecule has 1 aromatic carbocycles. The normalized spacial score (nSPS) is 11.4. The van der Waals surface area contributed by atoms with Gasteiger partial charge >= 0.3 is 0 Å². The fourth-order valence-electron chi connectivity index (χ4n) is 2.78. The summed E-state index contributed by atoms with van der Waals surface area (Å²) in [5, 5.41) is 10.5. The summed E-state index contributed by atoms with van der Waals surface area (Å²) in [6, 6.07) is 8.34. The van der Waals surface area contributed by atoms with Crippen LogP contribution in [0.1, 0.15) is 29.6 Å². The molecule has 0 aliphatic heterocycles. The van der Waals surface area contributed by atoms with Crippen molar-refractivity contribution in [2.75, 3.05) is 0 Å². The first-order valence-corrected chi connectivity index (χ1v) is 7.72. The third-order valence-corrected chi connectivity index (χ3v) is 4.27. The molecule has 0 atom stereocenters. The van der Waals surface area contributed by atoms with E-state index in [1.165, 1.54) is 10.9 Å². The van der Waals surface area contributed by atoms with Gasteiger partial charge in [0.15, 0.2) is 0 Å². The van der Waals surface area contributed by atoms with Gasteiger partial charge in [0.05, 0.1) is 29.3 Å². The van der Waals surface area contributed by atoms with Gasteiger partial charge in [-0.15, -0.1) is 11.6 Å². The Balaban J connectivity index is 2.06. The maximum Gasteiger partial charge on any atom is 0.0918 e. The molecule has 0 fully saturated rings. The van der Waals surface area contributed by atoms with E-state index in [-0.39, 0.29) is 0 Å². The standard InChI is InChI=1S/C16H19ClN4/c1-4-20-16-8-6-5-7-13(16)15(19-20)10-21-12(3)14(9-17)11(2)18-21/h5-8H,4,9-10H2,1-3H3. The largest absolute Gasteiger partial charge is 0.265 e. The number of hydrogen-bond donors (Lipinski definition) is 0. The van der Waals surface area contributed by atoms with Crippen molar-refractivity contribution in [3.05, 3.63) is 46.9 Å². The van der Waals surface area contributed by atoms with Gasteiger partial charge in [-0.25, -0.2) is 0 Å². The molecule has 2 heterocycles. The van der Waals surface area contributed by atoms with Crippen molar-refractivity contribution in [3.63, 3.8) is 0 Å². The Morgan fingerprint density at radius 2 is 1.86 bits per heavy atom. The van der Waals surface area contributed by atoms with Gasteiger partial charge in [-0.1, -0.05) is 18.2 Å². The van der Waals surface area contributed by atoms with Gasteiger partial charge in [0.2, 0.25) is 0 Å². The number of nitrogens with zero attached hydrogens (tertiary/aromatic N) is 4.